The van der Waals surface area contributed by atoms with Crippen LogP contribution in [0.4, 0.5) is 0 Å². The maximum Gasteiger partial charge on any atom is 0.310 e. The average molecular weight is 214 g/mol. The van der Waals surface area contributed by atoms with Crippen LogP contribution in [0.15, 0.2) is 0 Å². The highest BCUT2D eigenvalue weighted by Crippen LogP contribution is 2.58. The Morgan fingerprint density at radius 1 is 1.33 bits per heavy atom. The van der Waals surface area contributed by atoms with Gasteiger partial charge in [-0.25, -0.2) is 0 Å². The molecule has 2 N–H and O–H groups in total. The largest absolute Gasteiger partial charge is 0.481 e. The van der Waals surface area contributed by atoms with E-state index in [0.717, 1.165) is 12.8 Å². The molecule has 86 valence electrons. The molecule has 1 heterocycles. The molecule has 0 aromatic rings. The van der Waals surface area contributed by atoms with E-state index >= 15 is 0 Å². The molecule has 1 saturated carbocycles. The number of aliphatic carboxylic acids is 1. The summed E-state index contributed by atoms with van der Waals surface area (Å²) in [5.74, 6) is -0.753. The second-order valence-electron chi connectivity index (χ2n) is 5.12. The van der Waals surface area contributed by atoms with Gasteiger partial charge in [0.1, 0.15) is 0 Å². The number of hydrogen-bond acceptors (Lipinski definition) is 3. The highest BCUT2D eigenvalue weighted by atomic mass is 16.5. The van der Waals surface area contributed by atoms with E-state index in [9.17, 15) is 15.0 Å². The van der Waals surface area contributed by atoms with E-state index in [1.165, 1.54) is 0 Å². The third-order valence-electron chi connectivity index (χ3n) is 4.33. The van der Waals surface area contributed by atoms with Crippen LogP contribution in [0.5, 0.6) is 0 Å². The lowest BCUT2D eigenvalue weighted by Crippen LogP contribution is -2.58. The Morgan fingerprint density at radius 3 is 2.27 bits per heavy atom. The Balaban J connectivity index is 2.21. The van der Waals surface area contributed by atoms with Crippen molar-refractivity contribution >= 4 is 5.97 Å². The Morgan fingerprint density at radius 2 is 1.87 bits per heavy atom. The molecule has 0 amide bonds. The molecule has 2 fully saturated rings. The third kappa shape index (κ3) is 1.47. The van der Waals surface area contributed by atoms with Crippen LogP contribution >= 0.6 is 0 Å². The van der Waals surface area contributed by atoms with Gasteiger partial charge in [0, 0.05) is 13.2 Å². The number of carboxylic acids is 1. The van der Waals surface area contributed by atoms with Crippen LogP contribution in [0.25, 0.3) is 0 Å². The van der Waals surface area contributed by atoms with Crippen molar-refractivity contribution in [3.8, 4) is 0 Å². The highest BCUT2D eigenvalue weighted by molar-refractivity contribution is 5.77. The monoisotopic (exact) mass is 214 g/mol. The lowest BCUT2D eigenvalue weighted by molar-refractivity contribution is -0.192. The molecule has 15 heavy (non-hydrogen) atoms. The Hall–Kier alpha value is -0.610. The van der Waals surface area contributed by atoms with Gasteiger partial charge in [0.2, 0.25) is 0 Å². The van der Waals surface area contributed by atoms with Gasteiger partial charge >= 0.3 is 5.97 Å². The molecule has 0 aromatic carbocycles. The normalized spacial score (nSPS) is 39.5. The zero-order valence-electron chi connectivity index (χ0n) is 9.03. The molecule has 4 heteroatoms. The molecule has 0 unspecified atom stereocenters. The molecule has 0 bridgehead atoms. The first kappa shape index (κ1) is 10.9. The smallest absolute Gasteiger partial charge is 0.310 e. The molecular weight excluding hydrogens is 196 g/mol. The second kappa shape index (κ2) is 3.46. The summed E-state index contributed by atoms with van der Waals surface area (Å²) < 4.78 is 5.28. The Kier molecular flexibility index (Phi) is 2.51. The molecule has 1 aliphatic heterocycles. The van der Waals surface area contributed by atoms with Crippen molar-refractivity contribution in [1.29, 1.82) is 0 Å². The van der Waals surface area contributed by atoms with Crippen LogP contribution in [0.3, 0.4) is 0 Å². The highest BCUT2D eigenvalue weighted by Gasteiger charge is 2.60. The number of aliphatic hydroxyl groups is 1. The lowest BCUT2D eigenvalue weighted by Gasteiger charge is -2.55. The first-order valence-corrected chi connectivity index (χ1v) is 5.49. The zero-order valence-corrected chi connectivity index (χ0v) is 9.03. The Bertz CT molecular complexity index is 262. The number of ether oxygens (including phenoxy) is 1. The summed E-state index contributed by atoms with van der Waals surface area (Å²) in [6, 6.07) is 0. The summed E-state index contributed by atoms with van der Waals surface area (Å²) in [5.41, 5.74) is -0.924. The molecule has 0 aromatic heterocycles. The topological polar surface area (TPSA) is 66.8 Å². The van der Waals surface area contributed by atoms with E-state index < -0.39 is 17.5 Å². The van der Waals surface area contributed by atoms with Gasteiger partial charge in [0.25, 0.3) is 0 Å². The van der Waals surface area contributed by atoms with Crippen molar-refractivity contribution in [2.45, 2.75) is 38.7 Å². The van der Waals surface area contributed by atoms with Gasteiger partial charge in [0.15, 0.2) is 0 Å². The van der Waals surface area contributed by atoms with Crippen molar-refractivity contribution in [3.63, 3.8) is 0 Å². The van der Waals surface area contributed by atoms with E-state index in [1.807, 2.05) is 6.92 Å². The molecule has 1 aliphatic carbocycles. The van der Waals surface area contributed by atoms with Gasteiger partial charge in [-0.05, 0) is 31.1 Å². The number of carbonyl (C=O) groups is 1. The molecule has 1 saturated heterocycles. The molecule has 4 nitrogen and oxygen atoms in total. The van der Waals surface area contributed by atoms with Gasteiger partial charge in [-0.3, -0.25) is 4.79 Å². The van der Waals surface area contributed by atoms with Crippen molar-refractivity contribution < 1.29 is 19.7 Å². The van der Waals surface area contributed by atoms with Crippen LogP contribution in [-0.2, 0) is 9.53 Å². The molecule has 0 radical (unpaired) electrons. The average Bonchev–Trinajstić information content (AvgIpc) is 2.13. The summed E-state index contributed by atoms with van der Waals surface area (Å²) >= 11 is 0. The zero-order chi connectivity index (χ0) is 11.1. The summed E-state index contributed by atoms with van der Waals surface area (Å²) in [5, 5.41) is 18.8. The van der Waals surface area contributed by atoms with Crippen molar-refractivity contribution in [3.05, 3.63) is 0 Å². The fraction of sp³-hybridized carbons (Fsp3) is 0.909. The minimum absolute atomic E-state index is 0.212. The van der Waals surface area contributed by atoms with Crippen LogP contribution in [-0.4, -0.2) is 35.5 Å². The summed E-state index contributed by atoms with van der Waals surface area (Å²) in [4.78, 5) is 11.4. The maximum absolute atomic E-state index is 11.4. The third-order valence-corrected chi connectivity index (χ3v) is 4.33. The molecule has 0 spiro atoms. The van der Waals surface area contributed by atoms with Crippen LogP contribution in [0.2, 0.25) is 0 Å². The Labute approximate surface area is 89.2 Å². The predicted molar refractivity (Wildman–Crippen MR) is 53.5 cm³/mol. The molecule has 0 atom stereocenters. The fourth-order valence-electron chi connectivity index (χ4n) is 2.97. The molecular formula is C11H18O4. The predicted octanol–water partition coefficient (Wildman–Crippen LogP) is 1.03. The summed E-state index contributed by atoms with van der Waals surface area (Å²) in [6.07, 6.45) is 1.94. The quantitative estimate of drug-likeness (QED) is 0.720. The SMILES string of the molecule is CC1(C2(C(=O)O)CC(O)C2)CCOCC1. The van der Waals surface area contributed by atoms with Crippen LogP contribution in [0.1, 0.15) is 32.6 Å². The first-order chi connectivity index (χ1) is 7.00. The molecule has 2 rings (SSSR count). The molecule has 2 aliphatic rings. The number of aliphatic hydroxyl groups excluding tert-OH is 1. The van der Waals surface area contributed by atoms with Crippen molar-refractivity contribution in [2.24, 2.45) is 10.8 Å². The number of carboxylic acid groups (broad SMARTS) is 1. The summed E-state index contributed by atoms with van der Waals surface area (Å²) in [6.45, 7) is 3.30. The standard InChI is InChI=1S/C11H18O4/c1-10(2-4-15-5-3-10)11(9(13)14)6-8(12)7-11/h8,12H,2-7H2,1H3,(H,13,14). The van der Waals surface area contributed by atoms with Gasteiger partial charge in [-0.1, -0.05) is 6.92 Å². The summed E-state index contributed by atoms with van der Waals surface area (Å²) in [7, 11) is 0. The van der Waals surface area contributed by atoms with Gasteiger partial charge in [-0.2, -0.15) is 0 Å². The van der Waals surface area contributed by atoms with Gasteiger partial charge in [0.05, 0.1) is 11.5 Å². The van der Waals surface area contributed by atoms with E-state index in [1.54, 1.807) is 0 Å². The minimum atomic E-state index is -0.753. The van der Waals surface area contributed by atoms with E-state index in [0.29, 0.717) is 26.1 Å². The van der Waals surface area contributed by atoms with E-state index in [-0.39, 0.29) is 5.41 Å². The van der Waals surface area contributed by atoms with Crippen molar-refractivity contribution in [2.75, 3.05) is 13.2 Å². The van der Waals surface area contributed by atoms with E-state index in [4.69, 9.17) is 4.74 Å². The maximum atomic E-state index is 11.4. The lowest BCUT2D eigenvalue weighted by atomic mass is 9.50. The fourth-order valence-corrected chi connectivity index (χ4v) is 2.97. The van der Waals surface area contributed by atoms with Crippen LogP contribution in [0, 0.1) is 10.8 Å². The van der Waals surface area contributed by atoms with Gasteiger partial charge in [-0.15, -0.1) is 0 Å². The van der Waals surface area contributed by atoms with Gasteiger partial charge < -0.3 is 14.9 Å². The number of hydrogen-bond donors (Lipinski definition) is 2. The number of rotatable bonds is 2. The second-order valence-corrected chi connectivity index (χ2v) is 5.12. The minimum Gasteiger partial charge on any atom is -0.481 e. The van der Waals surface area contributed by atoms with Crippen molar-refractivity contribution in [1.82, 2.24) is 0 Å². The van der Waals surface area contributed by atoms with E-state index in [2.05, 4.69) is 0 Å². The first-order valence-electron chi connectivity index (χ1n) is 5.49. The van der Waals surface area contributed by atoms with Crippen LogP contribution < -0.4 is 0 Å².